The molecular formula is C20H19ClF3N3O2. The zero-order chi connectivity index (χ0) is 20.3. The monoisotopic (exact) mass is 425 g/mol. The van der Waals surface area contributed by atoms with Crippen molar-refractivity contribution in [2.75, 3.05) is 11.9 Å². The predicted molar refractivity (Wildman–Crippen MR) is 107 cm³/mol. The van der Waals surface area contributed by atoms with Crippen LogP contribution in [0.3, 0.4) is 0 Å². The van der Waals surface area contributed by atoms with E-state index < -0.39 is 17.7 Å². The molecule has 154 valence electrons. The Kier molecular flexibility index (Phi) is 7.02. The number of anilines is 2. The third-order valence-electron chi connectivity index (χ3n) is 3.99. The number of hydrogen-bond donors (Lipinski definition) is 1. The molecule has 0 saturated heterocycles. The molecule has 1 aromatic carbocycles. The van der Waals surface area contributed by atoms with Crippen molar-refractivity contribution in [1.29, 1.82) is 0 Å². The number of fused-ring (bicyclic) bond motifs is 1. The van der Waals surface area contributed by atoms with Crippen LogP contribution < -0.4 is 5.32 Å². The summed E-state index contributed by atoms with van der Waals surface area (Å²) in [7, 11) is 0. The number of aryl methyl sites for hydroxylation is 1. The summed E-state index contributed by atoms with van der Waals surface area (Å²) in [4.78, 5) is 21.0. The van der Waals surface area contributed by atoms with Gasteiger partial charge in [0.15, 0.2) is 5.65 Å². The summed E-state index contributed by atoms with van der Waals surface area (Å²) in [5.41, 5.74) is 0.933. The lowest BCUT2D eigenvalue weighted by Gasteiger charge is -2.15. The zero-order valence-corrected chi connectivity index (χ0v) is 16.5. The van der Waals surface area contributed by atoms with Gasteiger partial charge in [-0.05, 0) is 43.7 Å². The minimum Gasteiger partial charge on any atom is -0.462 e. The number of ether oxygens (including phenoxy) is 1. The number of aromatic nitrogens is 2. The Morgan fingerprint density at radius 3 is 2.66 bits per heavy atom. The van der Waals surface area contributed by atoms with Gasteiger partial charge < -0.3 is 10.1 Å². The first-order chi connectivity index (χ1) is 13.3. The average Bonchev–Trinajstić information content (AvgIpc) is 2.65. The molecule has 0 aliphatic rings. The smallest absolute Gasteiger partial charge is 0.416 e. The fourth-order valence-electron chi connectivity index (χ4n) is 2.65. The Hall–Kier alpha value is -2.87. The van der Waals surface area contributed by atoms with Gasteiger partial charge in [-0.25, -0.2) is 14.8 Å². The largest absolute Gasteiger partial charge is 0.462 e. The molecule has 5 nitrogen and oxygen atoms in total. The van der Waals surface area contributed by atoms with Gasteiger partial charge in [0, 0.05) is 23.0 Å². The van der Waals surface area contributed by atoms with Gasteiger partial charge in [-0.3, -0.25) is 0 Å². The van der Waals surface area contributed by atoms with Gasteiger partial charge >= 0.3 is 12.1 Å². The summed E-state index contributed by atoms with van der Waals surface area (Å²) in [5.74, 6) is -0.605. The van der Waals surface area contributed by atoms with Crippen molar-refractivity contribution in [3.05, 3.63) is 59.4 Å². The van der Waals surface area contributed by atoms with Gasteiger partial charge in [0.2, 0.25) is 0 Å². The maximum Gasteiger partial charge on any atom is 0.416 e. The van der Waals surface area contributed by atoms with Crippen molar-refractivity contribution in [3.8, 4) is 0 Å². The Bertz CT molecular complexity index is 1030. The summed E-state index contributed by atoms with van der Waals surface area (Å²) in [6, 6.07) is 8.21. The van der Waals surface area contributed by atoms with E-state index in [9.17, 15) is 18.0 Å². The van der Waals surface area contributed by atoms with Gasteiger partial charge in [-0.1, -0.05) is 13.0 Å². The highest BCUT2D eigenvalue weighted by molar-refractivity contribution is 6.05. The fraction of sp³-hybridized carbons (Fsp3) is 0.250. The minimum absolute atomic E-state index is 0. The van der Waals surface area contributed by atoms with Gasteiger partial charge in [0.25, 0.3) is 0 Å². The number of pyridine rings is 2. The highest BCUT2D eigenvalue weighted by atomic mass is 35.5. The summed E-state index contributed by atoms with van der Waals surface area (Å²) < 4.78 is 44.3. The molecular weight excluding hydrogens is 407 g/mol. The van der Waals surface area contributed by atoms with Crippen LogP contribution in [0.1, 0.15) is 35.0 Å². The van der Waals surface area contributed by atoms with Crippen LogP contribution in [-0.2, 0) is 10.9 Å². The molecule has 2 aromatic heterocycles. The number of halogens is 4. The number of rotatable bonds is 5. The number of nitrogens with one attached hydrogen (secondary N) is 1. The second kappa shape index (κ2) is 9.09. The van der Waals surface area contributed by atoms with Crippen molar-refractivity contribution in [2.24, 2.45) is 0 Å². The maximum atomic E-state index is 13.0. The van der Waals surface area contributed by atoms with Gasteiger partial charge in [-0.2, -0.15) is 13.2 Å². The highest BCUT2D eigenvalue weighted by Crippen LogP contribution is 2.33. The van der Waals surface area contributed by atoms with E-state index in [0.29, 0.717) is 23.1 Å². The molecule has 2 heterocycles. The van der Waals surface area contributed by atoms with Crippen LogP contribution in [0, 0.1) is 6.92 Å². The number of alkyl halides is 3. The highest BCUT2D eigenvalue weighted by Gasteiger charge is 2.30. The Balaban J connectivity index is 0.00000300. The Morgan fingerprint density at radius 1 is 1.21 bits per heavy atom. The van der Waals surface area contributed by atoms with E-state index in [4.69, 9.17) is 4.74 Å². The SMILES string of the molecule is CCCOC(=O)c1cnc2nc(C)ccc2c1Nc1cccc(C(F)(F)F)c1.Cl. The Labute approximate surface area is 171 Å². The van der Waals surface area contributed by atoms with E-state index >= 15 is 0 Å². The number of carbonyl (C=O) groups is 1. The lowest BCUT2D eigenvalue weighted by molar-refractivity contribution is -0.137. The summed E-state index contributed by atoms with van der Waals surface area (Å²) >= 11 is 0. The van der Waals surface area contributed by atoms with Crippen molar-refractivity contribution in [3.63, 3.8) is 0 Å². The van der Waals surface area contributed by atoms with Crippen LogP contribution in [0.25, 0.3) is 11.0 Å². The van der Waals surface area contributed by atoms with Crippen molar-refractivity contribution in [2.45, 2.75) is 26.4 Å². The van der Waals surface area contributed by atoms with Gasteiger partial charge in [-0.15, -0.1) is 12.4 Å². The minimum atomic E-state index is -4.47. The molecule has 0 aliphatic heterocycles. The van der Waals surface area contributed by atoms with E-state index in [0.717, 1.165) is 17.8 Å². The summed E-state index contributed by atoms with van der Waals surface area (Å²) in [6.45, 7) is 3.89. The maximum absolute atomic E-state index is 13.0. The number of carbonyl (C=O) groups excluding carboxylic acids is 1. The zero-order valence-electron chi connectivity index (χ0n) is 15.7. The van der Waals surface area contributed by atoms with Crippen LogP contribution in [0.5, 0.6) is 0 Å². The van der Waals surface area contributed by atoms with Crippen molar-refractivity contribution >= 4 is 40.8 Å². The van der Waals surface area contributed by atoms with Crippen LogP contribution >= 0.6 is 12.4 Å². The first-order valence-corrected chi connectivity index (χ1v) is 8.67. The van der Waals surface area contributed by atoms with Gasteiger partial charge in [0.05, 0.1) is 17.9 Å². The first kappa shape index (κ1) is 22.4. The normalized spacial score (nSPS) is 11.1. The average molecular weight is 426 g/mol. The summed E-state index contributed by atoms with van der Waals surface area (Å²) in [5, 5.41) is 3.43. The van der Waals surface area contributed by atoms with E-state index in [1.54, 1.807) is 19.1 Å². The fourth-order valence-corrected chi connectivity index (χ4v) is 2.65. The molecule has 0 atom stereocenters. The topological polar surface area (TPSA) is 64.1 Å². The molecule has 9 heteroatoms. The van der Waals surface area contributed by atoms with E-state index in [-0.39, 0.29) is 30.3 Å². The molecule has 0 bridgehead atoms. The van der Waals surface area contributed by atoms with E-state index in [1.165, 1.54) is 18.3 Å². The molecule has 0 unspecified atom stereocenters. The van der Waals surface area contributed by atoms with Crippen LogP contribution in [0.2, 0.25) is 0 Å². The first-order valence-electron chi connectivity index (χ1n) is 8.67. The molecule has 1 N–H and O–H groups in total. The quantitative estimate of drug-likeness (QED) is 0.532. The van der Waals surface area contributed by atoms with Gasteiger partial charge in [0.1, 0.15) is 5.56 Å². The molecule has 3 aromatic rings. The molecule has 3 rings (SSSR count). The number of benzene rings is 1. The summed E-state index contributed by atoms with van der Waals surface area (Å²) in [6.07, 6.45) is -2.51. The molecule has 0 saturated carbocycles. The van der Waals surface area contributed by atoms with E-state index in [1.807, 2.05) is 6.92 Å². The third kappa shape index (κ3) is 5.14. The molecule has 0 spiro atoms. The lowest BCUT2D eigenvalue weighted by atomic mass is 10.1. The third-order valence-corrected chi connectivity index (χ3v) is 3.99. The molecule has 0 fully saturated rings. The molecule has 0 amide bonds. The number of nitrogens with zero attached hydrogens (tertiary/aromatic N) is 2. The van der Waals surface area contributed by atoms with E-state index in [2.05, 4.69) is 15.3 Å². The number of hydrogen-bond acceptors (Lipinski definition) is 5. The molecule has 29 heavy (non-hydrogen) atoms. The Morgan fingerprint density at radius 2 is 1.97 bits per heavy atom. The second-order valence-electron chi connectivity index (χ2n) is 6.21. The second-order valence-corrected chi connectivity index (χ2v) is 6.21. The molecule has 0 aliphatic carbocycles. The van der Waals surface area contributed by atoms with Crippen LogP contribution in [0.4, 0.5) is 24.5 Å². The van der Waals surface area contributed by atoms with Crippen LogP contribution in [0.15, 0.2) is 42.6 Å². The number of esters is 1. The van der Waals surface area contributed by atoms with Crippen molar-refractivity contribution < 1.29 is 22.7 Å². The van der Waals surface area contributed by atoms with Crippen LogP contribution in [-0.4, -0.2) is 22.5 Å². The predicted octanol–water partition coefficient (Wildman–Crippen LogP) is 5.69. The van der Waals surface area contributed by atoms with Crippen molar-refractivity contribution in [1.82, 2.24) is 9.97 Å². The molecule has 0 radical (unpaired) electrons. The lowest BCUT2D eigenvalue weighted by Crippen LogP contribution is -2.11. The standard InChI is InChI=1S/C20H18F3N3O2.ClH/c1-3-9-28-19(27)16-11-24-18-15(8-7-12(2)25-18)17(16)26-14-6-4-5-13(10-14)20(21,22)23;/h4-8,10-11H,3,9H2,1-2H3,(H,24,25,26);1H.